The van der Waals surface area contributed by atoms with E-state index in [0.29, 0.717) is 15.7 Å². The number of nitrogens with two attached hydrogens (primary N) is 1. The number of anilines is 1. The van der Waals surface area contributed by atoms with Crippen molar-refractivity contribution in [3.63, 3.8) is 0 Å². The summed E-state index contributed by atoms with van der Waals surface area (Å²) in [5.74, 6) is -0.303. The molecule has 3 nitrogen and oxygen atoms in total. The Bertz CT molecular complexity index is 569. The molecule has 0 aliphatic carbocycles. The molecule has 0 spiro atoms. The molecule has 0 saturated heterocycles. The number of benzene rings is 1. The van der Waals surface area contributed by atoms with Crippen molar-refractivity contribution < 1.29 is 18.0 Å². The summed E-state index contributed by atoms with van der Waals surface area (Å²) in [6, 6.07) is 4.71. The van der Waals surface area contributed by atoms with Crippen LogP contribution in [0, 0.1) is 0 Å². The van der Waals surface area contributed by atoms with E-state index in [1.54, 1.807) is 18.2 Å². The van der Waals surface area contributed by atoms with Crippen LogP contribution in [0.25, 0.3) is 0 Å². The van der Waals surface area contributed by atoms with E-state index in [4.69, 9.17) is 5.73 Å². The molecule has 0 unspecified atom stereocenters. The molecule has 2 N–H and O–H groups in total. The minimum Gasteiger partial charge on any atom is -0.398 e. The van der Waals surface area contributed by atoms with E-state index in [1.165, 1.54) is 4.90 Å². The highest BCUT2D eigenvalue weighted by Gasteiger charge is 2.35. The van der Waals surface area contributed by atoms with Crippen molar-refractivity contribution >= 4 is 27.5 Å². The minimum absolute atomic E-state index is 0.0321. The lowest BCUT2D eigenvalue weighted by Gasteiger charge is -2.27. The molecule has 1 aromatic rings. The number of hydrogen-bond donors (Lipinski definition) is 1. The molecule has 20 heavy (non-hydrogen) atoms. The second-order valence-corrected chi connectivity index (χ2v) is 5.32. The van der Waals surface area contributed by atoms with Gasteiger partial charge in [0, 0.05) is 34.4 Å². The Morgan fingerprint density at radius 1 is 1.35 bits per heavy atom. The van der Waals surface area contributed by atoms with Crippen molar-refractivity contribution in [2.75, 3.05) is 18.8 Å². The predicted octanol–water partition coefficient (Wildman–Crippen LogP) is 3.37. The van der Waals surface area contributed by atoms with Gasteiger partial charge in [0.25, 0.3) is 5.91 Å². The molecule has 0 saturated carbocycles. The van der Waals surface area contributed by atoms with Crippen LogP contribution in [0.5, 0.6) is 0 Å². The number of halogens is 4. The van der Waals surface area contributed by atoms with Crippen LogP contribution in [0.4, 0.5) is 18.9 Å². The number of nitrogens with zero attached hydrogens (tertiary/aromatic N) is 1. The van der Waals surface area contributed by atoms with Gasteiger partial charge in [0.2, 0.25) is 0 Å². The summed E-state index contributed by atoms with van der Waals surface area (Å²) in [5.41, 5.74) is 5.96. The Morgan fingerprint density at radius 2 is 2.05 bits per heavy atom. The van der Waals surface area contributed by atoms with Crippen LogP contribution in [0.15, 0.2) is 34.3 Å². The maximum Gasteiger partial charge on any atom is 0.412 e. The first-order valence-corrected chi connectivity index (χ1v) is 6.69. The largest absolute Gasteiger partial charge is 0.412 e. The summed E-state index contributed by atoms with van der Waals surface area (Å²) in [6.45, 7) is 0.0296. The van der Waals surface area contributed by atoms with E-state index in [2.05, 4.69) is 15.9 Å². The molecule has 0 aromatic heterocycles. The molecule has 1 aromatic carbocycles. The molecule has 0 fully saturated rings. The van der Waals surface area contributed by atoms with Crippen molar-refractivity contribution in [1.82, 2.24) is 4.90 Å². The zero-order chi connectivity index (χ0) is 14.9. The van der Waals surface area contributed by atoms with E-state index in [0.717, 1.165) is 6.08 Å². The SMILES string of the molecule is Nc1ccc(C(=O)N2CC=C(C(F)(F)F)CC2)cc1Br. The van der Waals surface area contributed by atoms with Gasteiger partial charge < -0.3 is 10.6 Å². The van der Waals surface area contributed by atoms with E-state index in [-0.39, 0.29) is 25.4 Å². The highest BCUT2D eigenvalue weighted by Crippen LogP contribution is 2.30. The smallest absolute Gasteiger partial charge is 0.398 e. The van der Waals surface area contributed by atoms with Crippen LogP contribution in [0.1, 0.15) is 16.8 Å². The van der Waals surface area contributed by atoms with Gasteiger partial charge >= 0.3 is 6.18 Å². The average molecular weight is 349 g/mol. The third kappa shape index (κ3) is 3.15. The number of alkyl halides is 3. The summed E-state index contributed by atoms with van der Waals surface area (Å²) in [5, 5.41) is 0. The topological polar surface area (TPSA) is 46.3 Å². The summed E-state index contributed by atoms with van der Waals surface area (Å²) >= 11 is 3.22. The normalized spacial score (nSPS) is 16.0. The van der Waals surface area contributed by atoms with Gasteiger partial charge in [-0.15, -0.1) is 0 Å². The first-order valence-electron chi connectivity index (χ1n) is 5.89. The van der Waals surface area contributed by atoms with Gasteiger partial charge in [-0.3, -0.25) is 4.79 Å². The molecule has 1 aliphatic rings. The van der Waals surface area contributed by atoms with Gasteiger partial charge in [-0.2, -0.15) is 13.2 Å². The van der Waals surface area contributed by atoms with Crippen LogP contribution >= 0.6 is 15.9 Å². The molecule has 1 heterocycles. The quantitative estimate of drug-likeness (QED) is 0.624. The summed E-state index contributed by atoms with van der Waals surface area (Å²) in [6.07, 6.45) is -3.42. The molecular weight excluding hydrogens is 337 g/mol. The molecule has 1 aliphatic heterocycles. The average Bonchev–Trinajstić information content (AvgIpc) is 2.40. The minimum atomic E-state index is -4.31. The van der Waals surface area contributed by atoms with Crippen molar-refractivity contribution in [2.24, 2.45) is 0 Å². The fraction of sp³-hybridized carbons (Fsp3) is 0.308. The van der Waals surface area contributed by atoms with Crippen molar-refractivity contribution in [1.29, 1.82) is 0 Å². The molecule has 2 rings (SSSR count). The Hall–Kier alpha value is -1.50. The highest BCUT2D eigenvalue weighted by atomic mass is 79.9. The molecule has 0 atom stereocenters. The lowest BCUT2D eigenvalue weighted by atomic mass is 10.1. The van der Waals surface area contributed by atoms with Gasteiger partial charge in [0.1, 0.15) is 0 Å². The first-order chi connectivity index (χ1) is 9.29. The molecule has 0 bridgehead atoms. The molecule has 108 valence electrons. The monoisotopic (exact) mass is 348 g/mol. The van der Waals surface area contributed by atoms with Crippen molar-refractivity contribution in [3.8, 4) is 0 Å². The number of rotatable bonds is 1. The Balaban J connectivity index is 2.12. The van der Waals surface area contributed by atoms with Gasteiger partial charge in [-0.1, -0.05) is 6.08 Å². The standard InChI is InChI=1S/C13H12BrF3N2O/c14-10-7-8(1-2-11(10)18)12(20)19-5-3-9(4-6-19)13(15,16)17/h1-3,7H,4-6,18H2. The third-order valence-corrected chi connectivity index (χ3v) is 3.79. The Kier molecular flexibility index (Phi) is 4.08. The Labute approximate surface area is 122 Å². The van der Waals surface area contributed by atoms with Crippen molar-refractivity contribution in [2.45, 2.75) is 12.6 Å². The molecule has 0 radical (unpaired) electrons. The molecule has 1 amide bonds. The maximum absolute atomic E-state index is 12.5. The number of nitrogen functional groups attached to an aromatic ring is 1. The second kappa shape index (κ2) is 5.47. The number of amides is 1. The van der Waals surface area contributed by atoms with Crippen LogP contribution in [0.2, 0.25) is 0 Å². The fourth-order valence-corrected chi connectivity index (χ4v) is 2.33. The first kappa shape index (κ1) is 14.9. The number of hydrogen-bond acceptors (Lipinski definition) is 2. The van der Waals surface area contributed by atoms with Crippen LogP contribution < -0.4 is 5.73 Å². The summed E-state index contributed by atoms with van der Waals surface area (Å²) < 4.78 is 38.1. The van der Waals surface area contributed by atoms with E-state index in [9.17, 15) is 18.0 Å². The van der Waals surface area contributed by atoms with E-state index >= 15 is 0 Å². The van der Waals surface area contributed by atoms with Gasteiger partial charge in [-0.05, 0) is 40.5 Å². The number of carbonyl (C=O) groups excluding carboxylic acids is 1. The van der Waals surface area contributed by atoms with Crippen LogP contribution in [-0.2, 0) is 0 Å². The predicted molar refractivity (Wildman–Crippen MR) is 73.2 cm³/mol. The molecular formula is C13H12BrF3N2O. The highest BCUT2D eigenvalue weighted by molar-refractivity contribution is 9.10. The van der Waals surface area contributed by atoms with E-state index < -0.39 is 11.7 Å². The fourth-order valence-electron chi connectivity index (χ4n) is 1.95. The lowest BCUT2D eigenvalue weighted by Crippen LogP contribution is -2.36. The number of carbonyl (C=O) groups is 1. The Morgan fingerprint density at radius 3 is 2.55 bits per heavy atom. The van der Waals surface area contributed by atoms with Crippen LogP contribution in [-0.4, -0.2) is 30.1 Å². The van der Waals surface area contributed by atoms with Crippen LogP contribution in [0.3, 0.4) is 0 Å². The third-order valence-electron chi connectivity index (χ3n) is 3.11. The zero-order valence-corrected chi connectivity index (χ0v) is 12.0. The van der Waals surface area contributed by atoms with Gasteiger partial charge in [-0.25, -0.2) is 0 Å². The maximum atomic E-state index is 12.5. The second-order valence-electron chi connectivity index (χ2n) is 4.46. The lowest BCUT2D eigenvalue weighted by molar-refractivity contribution is -0.0957. The van der Waals surface area contributed by atoms with Gasteiger partial charge in [0.05, 0.1) is 0 Å². The zero-order valence-electron chi connectivity index (χ0n) is 10.4. The summed E-state index contributed by atoms with van der Waals surface area (Å²) in [7, 11) is 0. The summed E-state index contributed by atoms with van der Waals surface area (Å²) in [4.78, 5) is 13.6. The van der Waals surface area contributed by atoms with E-state index in [1.807, 2.05) is 0 Å². The molecule has 7 heteroatoms. The van der Waals surface area contributed by atoms with Gasteiger partial charge in [0.15, 0.2) is 0 Å². The van der Waals surface area contributed by atoms with Crippen molar-refractivity contribution in [3.05, 3.63) is 39.9 Å².